The van der Waals surface area contributed by atoms with Crippen LogP contribution in [0.25, 0.3) is 0 Å². The van der Waals surface area contributed by atoms with Crippen molar-refractivity contribution in [2.45, 2.75) is 13.0 Å². The van der Waals surface area contributed by atoms with E-state index in [1.165, 1.54) is 0 Å². The van der Waals surface area contributed by atoms with Gasteiger partial charge in [0, 0.05) is 13.1 Å². The first kappa shape index (κ1) is 12.2. The maximum absolute atomic E-state index is 5.78. The molecule has 17 heavy (non-hydrogen) atoms. The Hall–Kier alpha value is -1.26. The van der Waals surface area contributed by atoms with Crippen LogP contribution >= 0.6 is 0 Å². The fraction of sp³-hybridized carbons (Fsp3) is 0.538. The first-order chi connectivity index (χ1) is 8.27. The third-order valence-corrected chi connectivity index (χ3v) is 3.03. The summed E-state index contributed by atoms with van der Waals surface area (Å²) in [6.45, 7) is 4.42. The van der Waals surface area contributed by atoms with E-state index in [0.717, 1.165) is 35.7 Å². The molecule has 1 aliphatic heterocycles. The molecule has 0 radical (unpaired) electrons. The lowest BCUT2D eigenvalue weighted by molar-refractivity contribution is 0.0247. The van der Waals surface area contributed by atoms with Gasteiger partial charge in [0.05, 0.1) is 26.4 Å². The van der Waals surface area contributed by atoms with E-state index in [-0.39, 0.29) is 6.10 Å². The summed E-state index contributed by atoms with van der Waals surface area (Å²) >= 11 is 0. The Morgan fingerprint density at radius 1 is 1.29 bits per heavy atom. The van der Waals surface area contributed by atoms with Crippen molar-refractivity contribution in [3.63, 3.8) is 0 Å². The van der Waals surface area contributed by atoms with Crippen molar-refractivity contribution in [2.24, 2.45) is 0 Å². The van der Waals surface area contributed by atoms with E-state index in [4.69, 9.17) is 14.2 Å². The van der Waals surface area contributed by atoms with Crippen molar-refractivity contribution in [2.75, 3.05) is 33.9 Å². The SMILES string of the molecule is COc1ccc(C)c(OC)c1C1CNCCO1. The Morgan fingerprint density at radius 2 is 2.12 bits per heavy atom. The smallest absolute Gasteiger partial charge is 0.131 e. The predicted molar refractivity (Wildman–Crippen MR) is 65.8 cm³/mol. The molecule has 0 amide bonds. The monoisotopic (exact) mass is 237 g/mol. The number of nitrogens with one attached hydrogen (secondary N) is 1. The minimum absolute atomic E-state index is 0.00597. The van der Waals surface area contributed by atoms with E-state index < -0.39 is 0 Å². The maximum atomic E-state index is 5.78. The van der Waals surface area contributed by atoms with Crippen molar-refractivity contribution in [3.05, 3.63) is 23.3 Å². The summed E-state index contributed by atoms with van der Waals surface area (Å²) < 4.78 is 16.7. The number of ether oxygens (including phenoxy) is 3. The zero-order valence-corrected chi connectivity index (χ0v) is 10.6. The second-order valence-electron chi connectivity index (χ2n) is 4.10. The van der Waals surface area contributed by atoms with E-state index in [1.54, 1.807) is 14.2 Å². The summed E-state index contributed by atoms with van der Waals surface area (Å²) in [5.41, 5.74) is 2.10. The van der Waals surface area contributed by atoms with Crippen LogP contribution in [0.1, 0.15) is 17.2 Å². The van der Waals surface area contributed by atoms with Gasteiger partial charge in [0.2, 0.25) is 0 Å². The van der Waals surface area contributed by atoms with Crippen molar-refractivity contribution < 1.29 is 14.2 Å². The van der Waals surface area contributed by atoms with Gasteiger partial charge in [-0.3, -0.25) is 0 Å². The Morgan fingerprint density at radius 3 is 2.71 bits per heavy atom. The lowest BCUT2D eigenvalue weighted by atomic mass is 10.0. The van der Waals surface area contributed by atoms with Gasteiger partial charge in [0.25, 0.3) is 0 Å². The summed E-state index contributed by atoms with van der Waals surface area (Å²) in [7, 11) is 3.35. The normalized spacial score (nSPS) is 20.1. The van der Waals surface area contributed by atoms with Crippen LogP contribution in [0.3, 0.4) is 0 Å². The van der Waals surface area contributed by atoms with Gasteiger partial charge in [-0.25, -0.2) is 0 Å². The maximum Gasteiger partial charge on any atom is 0.131 e. The standard InChI is InChI=1S/C13H19NO3/c1-9-4-5-10(15-2)12(13(9)16-3)11-8-14-6-7-17-11/h4-5,11,14H,6-8H2,1-3H3. The van der Waals surface area contributed by atoms with Crippen LogP contribution in [0.4, 0.5) is 0 Å². The molecule has 1 heterocycles. The van der Waals surface area contributed by atoms with Crippen molar-refractivity contribution in [1.29, 1.82) is 0 Å². The van der Waals surface area contributed by atoms with Gasteiger partial charge in [0.1, 0.15) is 17.6 Å². The minimum atomic E-state index is -0.00597. The zero-order chi connectivity index (χ0) is 12.3. The van der Waals surface area contributed by atoms with Gasteiger partial charge in [-0.15, -0.1) is 0 Å². The molecule has 1 aliphatic rings. The first-order valence-corrected chi connectivity index (χ1v) is 5.81. The number of hydrogen-bond donors (Lipinski definition) is 1. The van der Waals surface area contributed by atoms with Crippen LogP contribution in [0.15, 0.2) is 12.1 Å². The molecule has 0 bridgehead atoms. The minimum Gasteiger partial charge on any atom is -0.496 e. The van der Waals surface area contributed by atoms with E-state index in [2.05, 4.69) is 5.32 Å². The fourth-order valence-electron chi connectivity index (χ4n) is 2.20. The number of hydrogen-bond acceptors (Lipinski definition) is 4. The number of aryl methyl sites for hydroxylation is 1. The molecule has 0 aliphatic carbocycles. The van der Waals surface area contributed by atoms with Crippen LogP contribution in [0.5, 0.6) is 11.5 Å². The average molecular weight is 237 g/mol. The molecule has 1 aromatic rings. The van der Waals surface area contributed by atoms with Crippen LogP contribution in [0, 0.1) is 6.92 Å². The molecular weight excluding hydrogens is 218 g/mol. The highest BCUT2D eigenvalue weighted by Crippen LogP contribution is 2.38. The van der Waals surface area contributed by atoms with Crippen molar-refractivity contribution in [1.82, 2.24) is 5.32 Å². The molecule has 1 fully saturated rings. The highest BCUT2D eigenvalue weighted by atomic mass is 16.5. The molecule has 94 valence electrons. The third kappa shape index (κ3) is 2.37. The van der Waals surface area contributed by atoms with E-state index in [1.807, 2.05) is 19.1 Å². The lowest BCUT2D eigenvalue weighted by Crippen LogP contribution is -2.33. The second kappa shape index (κ2) is 5.38. The van der Waals surface area contributed by atoms with Crippen LogP contribution in [-0.2, 0) is 4.74 Å². The van der Waals surface area contributed by atoms with Crippen LogP contribution in [0.2, 0.25) is 0 Å². The highest BCUT2D eigenvalue weighted by molar-refractivity contribution is 5.51. The van der Waals surface area contributed by atoms with E-state index >= 15 is 0 Å². The second-order valence-corrected chi connectivity index (χ2v) is 4.10. The predicted octanol–water partition coefficient (Wildman–Crippen LogP) is 1.67. The fourth-order valence-corrected chi connectivity index (χ4v) is 2.20. The lowest BCUT2D eigenvalue weighted by Gasteiger charge is -2.27. The first-order valence-electron chi connectivity index (χ1n) is 5.81. The molecule has 4 heteroatoms. The van der Waals surface area contributed by atoms with Crippen molar-refractivity contribution in [3.8, 4) is 11.5 Å². The quantitative estimate of drug-likeness (QED) is 0.868. The molecule has 1 unspecified atom stereocenters. The molecular formula is C13H19NO3. The average Bonchev–Trinajstić information content (AvgIpc) is 2.39. The van der Waals surface area contributed by atoms with E-state index in [0.29, 0.717) is 6.61 Å². The molecule has 0 saturated carbocycles. The Balaban J connectivity index is 2.43. The topological polar surface area (TPSA) is 39.7 Å². The summed E-state index contributed by atoms with van der Waals surface area (Å²) in [6, 6.07) is 3.96. The van der Waals surface area contributed by atoms with Gasteiger partial charge in [0.15, 0.2) is 0 Å². The van der Waals surface area contributed by atoms with Crippen LogP contribution < -0.4 is 14.8 Å². The third-order valence-electron chi connectivity index (χ3n) is 3.03. The molecule has 1 atom stereocenters. The van der Waals surface area contributed by atoms with Crippen molar-refractivity contribution >= 4 is 0 Å². The molecule has 0 spiro atoms. The number of morpholine rings is 1. The van der Waals surface area contributed by atoms with Gasteiger partial charge < -0.3 is 19.5 Å². The van der Waals surface area contributed by atoms with Gasteiger partial charge >= 0.3 is 0 Å². The summed E-state index contributed by atoms with van der Waals surface area (Å²) in [4.78, 5) is 0. The van der Waals surface area contributed by atoms with E-state index in [9.17, 15) is 0 Å². The Kier molecular flexibility index (Phi) is 3.86. The number of methoxy groups -OCH3 is 2. The molecule has 0 aromatic heterocycles. The Labute approximate surface area is 102 Å². The molecule has 1 aromatic carbocycles. The van der Waals surface area contributed by atoms with Gasteiger partial charge in [-0.2, -0.15) is 0 Å². The van der Waals surface area contributed by atoms with Crippen LogP contribution in [-0.4, -0.2) is 33.9 Å². The summed E-state index contributed by atoms with van der Waals surface area (Å²) in [5, 5.41) is 3.32. The van der Waals surface area contributed by atoms with Gasteiger partial charge in [-0.1, -0.05) is 6.07 Å². The summed E-state index contributed by atoms with van der Waals surface area (Å²) in [6.07, 6.45) is -0.00597. The highest BCUT2D eigenvalue weighted by Gasteiger charge is 2.24. The molecule has 1 N–H and O–H groups in total. The molecule has 4 nitrogen and oxygen atoms in total. The summed E-state index contributed by atoms with van der Waals surface area (Å²) in [5.74, 6) is 1.68. The zero-order valence-electron chi connectivity index (χ0n) is 10.6. The largest absolute Gasteiger partial charge is 0.496 e. The Bertz CT molecular complexity index is 386. The number of benzene rings is 1. The molecule has 1 saturated heterocycles. The molecule has 2 rings (SSSR count). The number of rotatable bonds is 3. The van der Waals surface area contributed by atoms with Gasteiger partial charge in [-0.05, 0) is 18.6 Å².